The molecule has 10 heteroatoms. The maximum Gasteiger partial charge on any atom is 0.273 e. The van der Waals surface area contributed by atoms with Crippen LogP contribution in [0.5, 0.6) is 0 Å². The molecule has 1 saturated carbocycles. The first-order valence-corrected chi connectivity index (χ1v) is 10.8. The SMILES string of the molecule is CC(C)(O)[C@@]12SC(N)=N[C@](C)(c3cc(/C=C(\F)c4ccc(C#N)cn4)ccc3F)[C@@H]1C2(F)F. The first-order chi connectivity index (χ1) is 15.3. The predicted octanol–water partition coefficient (Wildman–Crippen LogP) is 4.61. The molecule has 3 atom stereocenters. The van der Waals surface area contributed by atoms with Gasteiger partial charge in [0.1, 0.15) is 22.5 Å². The van der Waals surface area contributed by atoms with E-state index in [0.717, 1.165) is 12.1 Å². The van der Waals surface area contributed by atoms with Crippen molar-refractivity contribution in [1.29, 1.82) is 5.26 Å². The largest absolute Gasteiger partial charge is 0.389 e. The number of pyridine rings is 1. The number of thioether (sulfide) groups is 1. The predicted molar refractivity (Wildman–Crippen MR) is 118 cm³/mol. The average molecular weight is 476 g/mol. The monoisotopic (exact) mass is 476 g/mol. The molecule has 1 aromatic carbocycles. The molecule has 1 aliphatic heterocycles. The van der Waals surface area contributed by atoms with E-state index < -0.39 is 39.4 Å². The lowest BCUT2D eigenvalue weighted by Gasteiger charge is -2.37. The van der Waals surface area contributed by atoms with Crippen LogP contribution in [-0.4, -0.2) is 31.5 Å². The molecule has 2 heterocycles. The molecule has 1 aromatic heterocycles. The van der Waals surface area contributed by atoms with Crippen LogP contribution >= 0.6 is 11.8 Å². The fourth-order valence-corrected chi connectivity index (χ4v) is 6.19. The highest BCUT2D eigenvalue weighted by Gasteiger charge is 2.91. The summed E-state index contributed by atoms with van der Waals surface area (Å²) >= 11 is 0.597. The fraction of sp³-hybridized carbons (Fsp3) is 0.348. The number of alkyl halides is 2. The molecule has 0 saturated heterocycles. The van der Waals surface area contributed by atoms with Gasteiger partial charge in [-0.15, -0.1) is 0 Å². The maximum absolute atomic E-state index is 15.2. The van der Waals surface area contributed by atoms with E-state index in [1.807, 2.05) is 6.07 Å². The van der Waals surface area contributed by atoms with Gasteiger partial charge in [0.05, 0.1) is 28.3 Å². The van der Waals surface area contributed by atoms with Gasteiger partial charge in [0.15, 0.2) is 5.17 Å². The first-order valence-electron chi connectivity index (χ1n) is 9.96. The van der Waals surface area contributed by atoms with E-state index in [-0.39, 0.29) is 27.6 Å². The number of aliphatic imine (C=N–C) groups is 1. The first kappa shape index (κ1) is 23.3. The number of nitrogens with two attached hydrogens (primary N) is 1. The van der Waals surface area contributed by atoms with Crippen LogP contribution in [0.2, 0.25) is 0 Å². The van der Waals surface area contributed by atoms with Crippen LogP contribution in [-0.2, 0) is 5.54 Å². The minimum absolute atomic E-state index is 0.0443. The normalized spacial score (nSPS) is 28.5. The maximum atomic E-state index is 15.2. The van der Waals surface area contributed by atoms with Gasteiger partial charge in [0, 0.05) is 11.8 Å². The Kier molecular flexibility index (Phi) is 5.15. The quantitative estimate of drug-likeness (QED) is 0.629. The number of hydrogen-bond donors (Lipinski definition) is 2. The summed E-state index contributed by atoms with van der Waals surface area (Å²) in [6.07, 6.45) is 2.29. The van der Waals surface area contributed by atoms with Crippen LogP contribution in [0, 0.1) is 23.1 Å². The Balaban J connectivity index is 1.79. The van der Waals surface area contributed by atoms with Crippen molar-refractivity contribution in [1.82, 2.24) is 4.98 Å². The number of aliphatic hydroxyl groups is 1. The van der Waals surface area contributed by atoms with Crippen LogP contribution in [0.1, 0.15) is 43.2 Å². The number of halogens is 4. The topological polar surface area (TPSA) is 95.3 Å². The molecule has 2 aliphatic rings. The third-order valence-corrected chi connectivity index (χ3v) is 7.86. The molecule has 3 N–H and O–H groups in total. The Morgan fingerprint density at radius 1 is 1.30 bits per heavy atom. The minimum atomic E-state index is -3.38. The highest BCUT2D eigenvalue weighted by molar-refractivity contribution is 8.15. The summed E-state index contributed by atoms with van der Waals surface area (Å²) in [5.74, 6) is -6.48. The Hall–Kier alpha value is -2.90. The molecule has 0 amide bonds. The van der Waals surface area contributed by atoms with Gasteiger partial charge in [-0.25, -0.2) is 17.6 Å². The van der Waals surface area contributed by atoms with Crippen molar-refractivity contribution in [2.24, 2.45) is 16.6 Å². The molecule has 1 fully saturated rings. The Morgan fingerprint density at radius 2 is 2.00 bits per heavy atom. The van der Waals surface area contributed by atoms with Gasteiger partial charge in [-0.1, -0.05) is 17.8 Å². The number of benzene rings is 1. The van der Waals surface area contributed by atoms with Crippen molar-refractivity contribution in [3.8, 4) is 6.07 Å². The summed E-state index contributed by atoms with van der Waals surface area (Å²) in [6, 6.07) is 8.19. The van der Waals surface area contributed by atoms with Crippen molar-refractivity contribution >= 4 is 28.8 Å². The standard InChI is InChI=1S/C23H20F4N4OS/c1-20(2,32)22-18(23(22,26)27)21(3,31-19(29)33-22)14-8-12(4-6-15(14)24)9-16(25)17-7-5-13(10-28)11-30-17/h4-9,11,18,32H,1-3H3,(H2,29,31)/b16-9-/t18-,21+,22-/m0/s1. The molecule has 33 heavy (non-hydrogen) atoms. The van der Waals surface area contributed by atoms with Crippen LogP contribution in [0.15, 0.2) is 41.5 Å². The van der Waals surface area contributed by atoms with E-state index in [9.17, 15) is 13.9 Å². The van der Waals surface area contributed by atoms with Crippen LogP contribution in [0.4, 0.5) is 17.6 Å². The van der Waals surface area contributed by atoms with Crippen LogP contribution < -0.4 is 5.73 Å². The average Bonchev–Trinajstić information content (AvgIpc) is 3.26. The fourth-order valence-electron chi connectivity index (χ4n) is 4.68. The third kappa shape index (κ3) is 3.33. The molecule has 0 bridgehead atoms. The van der Waals surface area contributed by atoms with E-state index in [1.165, 1.54) is 51.2 Å². The van der Waals surface area contributed by atoms with E-state index in [4.69, 9.17) is 11.0 Å². The Bertz CT molecular complexity index is 1230. The molecular formula is C23H20F4N4OS. The van der Waals surface area contributed by atoms with Crippen molar-refractivity contribution in [3.63, 3.8) is 0 Å². The van der Waals surface area contributed by atoms with Gasteiger partial charge in [-0.2, -0.15) is 5.26 Å². The Morgan fingerprint density at radius 3 is 2.58 bits per heavy atom. The van der Waals surface area contributed by atoms with Crippen LogP contribution in [0.25, 0.3) is 11.9 Å². The summed E-state index contributed by atoms with van der Waals surface area (Å²) in [5.41, 5.74) is 2.47. The zero-order valence-electron chi connectivity index (χ0n) is 17.9. The van der Waals surface area contributed by atoms with Gasteiger partial charge in [0.25, 0.3) is 5.92 Å². The van der Waals surface area contributed by atoms with E-state index in [2.05, 4.69) is 9.98 Å². The second-order valence-electron chi connectivity index (χ2n) is 8.83. The van der Waals surface area contributed by atoms with Gasteiger partial charge >= 0.3 is 0 Å². The van der Waals surface area contributed by atoms with Crippen molar-refractivity contribution in [2.75, 3.05) is 0 Å². The number of amidine groups is 1. The van der Waals surface area contributed by atoms with Gasteiger partial charge in [-0.3, -0.25) is 9.98 Å². The lowest BCUT2D eigenvalue weighted by molar-refractivity contribution is 0.0124. The minimum Gasteiger partial charge on any atom is -0.389 e. The number of fused-ring (bicyclic) bond motifs is 1. The van der Waals surface area contributed by atoms with Crippen LogP contribution in [0.3, 0.4) is 0 Å². The molecule has 0 radical (unpaired) electrons. The van der Waals surface area contributed by atoms with Crippen molar-refractivity contribution in [3.05, 3.63) is 64.7 Å². The second-order valence-corrected chi connectivity index (χ2v) is 10.1. The number of aromatic nitrogens is 1. The lowest BCUT2D eigenvalue weighted by Crippen LogP contribution is -2.47. The molecule has 1 aliphatic carbocycles. The van der Waals surface area contributed by atoms with E-state index in [1.54, 1.807) is 0 Å². The number of nitrogens with zero attached hydrogens (tertiary/aromatic N) is 3. The molecule has 4 rings (SSSR count). The van der Waals surface area contributed by atoms with E-state index in [0.29, 0.717) is 11.8 Å². The summed E-state index contributed by atoms with van der Waals surface area (Å²) in [6.45, 7) is 3.88. The Labute approximate surface area is 192 Å². The second kappa shape index (κ2) is 7.30. The van der Waals surface area contributed by atoms with Gasteiger partial charge in [0.2, 0.25) is 0 Å². The molecule has 2 aromatic rings. The van der Waals surface area contributed by atoms with Gasteiger partial charge < -0.3 is 10.8 Å². The number of hydrogen-bond acceptors (Lipinski definition) is 6. The van der Waals surface area contributed by atoms with E-state index >= 15 is 8.78 Å². The summed E-state index contributed by atoms with van der Waals surface area (Å²) < 4.78 is 58.1. The van der Waals surface area contributed by atoms with Crippen molar-refractivity contribution in [2.45, 2.75) is 42.6 Å². The molecule has 5 nitrogen and oxygen atoms in total. The molecular weight excluding hydrogens is 456 g/mol. The molecule has 172 valence electrons. The summed E-state index contributed by atoms with van der Waals surface area (Å²) in [7, 11) is 0. The van der Waals surface area contributed by atoms with Crippen molar-refractivity contribution < 1.29 is 22.7 Å². The lowest BCUT2D eigenvalue weighted by atomic mass is 9.82. The number of nitriles is 1. The summed E-state index contributed by atoms with van der Waals surface area (Å²) in [4.78, 5) is 8.05. The summed E-state index contributed by atoms with van der Waals surface area (Å²) in [5, 5.41) is 19.2. The molecule has 0 spiro atoms. The zero-order chi connectivity index (χ0) is 24.4. The molecule has 0 unspecified atom stereocenters. The third-order valence-electron chi connectivity index (χ3n) is 6.23. The number of rotatable bonds is 4. The van der Waals surface area contributed by atoms with Gasteiger partial charge in [-0.05, 0) is 56.7 Å². The highest BCUT2D eigenvalue weighted by Crippen LogP contribution is 2.77. The smallest absolute Gasteiger partial charge is 0.273 e. The zero-order valence-corrected chi connectivity index (χ0v) is 18.7. The highest BCUT2D eigenvalue weighted by atomic mass is 32.2.